The number of carbonyl (C=O) groups is 3. The van der Waals surface area contributed by atoms with E-state index in [0.717, 1.165) is 21.4 Å². The van der Waals surface area contributed by atoms with E-state index in [2.05, 4.69) is 10.6 Å². The quantitative estimate of drug-likeness (QED) is 0.654. The van der Waals surface area contributed by atoms with E-state index in [-0.39, 0.29) is 6.54 Å². The Bertz CT molecular complexity index is 1090. The first kappa shape index (κ1) is 18.7. The minimum Gasteiger partial charge on any atom is -0.458 e. The summed E-state index contributed by atoms with van der Waals surface area (Å²) in [6.07, 6.45) is 0. The molecule has 1 atom stereocenters. The average Bonchev–Trinajstić information content (AvgIpc) is 3.23. The van der Waals surface area contributed by atoms with Crippen LogP contribution in [0.1, 0.15) is 23.8 Å². The largest absolute Gasteiger partial charge is 0.458 e. The van der Waals surface area contributed by atoms with E-state index in [4.69, 9.17) is 4.42 Å². The fraction of sp³-hybridized carbons (Fsp3) is 0.227. The molecule has 0 spiro atoms. The first-order valence-electron chi connectivity index (χ1n) is 9.33. The third-order valence-electron chi connectivity index (χ3n) is 5.23. The fourth-order valence-electron chi connectivity index (χ4n) is 3.44. The van der Waals surface area contributed by atoms with Crippen molar-refractivity contribution in [1.29, 1.82) is 0 Å². The number of furan rings is 1. The molecule has 1 aliphatic rings. The maximum Gasteiger partial charge on any atom is 0.325 e. The molecular weight excluding hydrogens is 370 g/mol. The van der Waals surface area contributed by atoms with E-state index in [9.17, 15) is 14.4 Å². The van der Waals surface area contributed by atoms with Crippen molar-refractivity contribution < 1.29 is 18.8 Å². The molecule has 4 rings (SSSR count). The monoisotopic (exact) mass is 391 g/mol. The summed E-state index contributed by atoms with van der Waals surface area (Å²) in [6, 6.07) is 16.2. The van der Waals surface area contributed by atoms with Gasteiger partial charge in [-0.15, -0.1) is 0 Å². The molecular formula is C22H21N3O4. The highest BCUT2D eigenvalue weighted by molar-refractivity contribution is 6.09. The first-order valence-corrected chi connectivity index (χ1v) is 9.33. The lowest BCUT2D eigenvalue weighted by atomic mass is 9.99. The van der Waals surface area contributed by atoms with E-state index in [1.54, 1.807) is 19.1 Å². The molecule has 2 aromatic carbocycles. The number of hydrogen-bond acceptors (Lipinski definition) is 4. The Balaban J connectivity index is 1.47. The van der Waals surface area contributed by atoms with Gasteiger partial charge in [0.05, 0.1) is 0 Å². The molecule has 2 heterocycles. The van der Waals surface area contributed by atoms with Crippen LogP contribution in [0.5, 0.6) is 0 Å². The standard InChI is InChI=1S/C22H21N3O4/c1-14-7-3-4-9-16(14)12-23-19(26)13-25-20(27)22(2,24-21(25)28)18-11-15-8-5-6-10-17(15)29-18/h3-11H,12-13H2,1-2H3,(H,23,26)(H,24,28). The summed E-state index contributed by atoms with van der Waals surface area (Å²) in [7, 11) is 0. The second-order valence-electron chi connectivity index (χ2n) is 7.30. The molecule has 3 aromatic rings. The van der Waals surface area contributed by atoms with Crippen molar-refractivity contribution >= 4 is 28.8 Å². The molecule has 0 aliphatic carbocycles. The number of nitrogens with one attached hydrogen (secondary N) is 2. The predicted molar refractivity (Wildman–Crippen MR) is 107 cm³/mol. The smallest absolute Gasteiger partial charge is 0.325 e. The lowest BCUT2D eigenvalue weighted by molar-refractivity contribution is -0.135. The Morgan fingerprint density at radius 1 is 1.14 bits per heavy atom. The number of nitrogens with zero attached hydrogens (tertiary/aromatic N) is 1. The van der Waals surface area contributed by atoms with Gasteiger partial charge in [-0.05, 0) is 37.1 Å². The maximum absolute atomic E-state index is 13.0. The molecule has 0 radical (unpaired) electrons. The summed E-state index contributed by atoms with van der Waals surface area (Å²) in [5, 5.41) is 6.25. The van der Waals surface area contributed by atoms with Gasteiger partial charge in [-0.3, -0.25) is 14.5 Å². The van der Waals surface area contributed by atoms with Crippen LogP contribution in [-0.2, 0) is 21.7 Å². The van der Waals surface area contributed by atoms with E-state index in [0.29, 0.717) is 17.9 Å². The summed E-state index contributed by atoms with van der Waals surface area (Å²) in [6.45, 7) is 3.51. The average molecular weight is 391 g/mol. The summed E-state index contributed by atoms with van der Waals surface area (Å²) in [5.41, 5.74) is 1.30. The highest BCUT2D eigenvalue weighted by Crippen LogP contribution is 2.32. The number of rotatable bonds is 5. The van der Waals surface area contributed by atoms with Crippen LogP contribution >= 0.6 is 0 Å². The minimum atomic E-state index is -1.35. The van der Waals surface area contributed by atoms with Gasteiger partial charge in [-0.1, -0.05) is 42.5 Å². The number of hydrogen-bond donors (Lipinski definition) is 2. The number of benzene rings is 2. The molecule has 4 amide bonds. The molecule has 1 unspecified atom stereocenters. The lowest BCUT2D eigenvalue weighted by Gasteiger charge is -2.19. The van der Waals surface area contributed by atoms with Crippen LogP contribution in [0.4, 0.5) is 4.79 Å². The van der Waals surface area contributed by atoms with Gasteiger partial charge in [0.15, 0.2) is 5.54 Å². The fourth-order valence-corrected chi connectivity index (χ4v) is 3.44. The normalized spacial score (nSPS) is 18.9. The van der Waals surface area contributed by atoms with Crippen LogP contribution in [0, 0.1) is 6.92 Å². The van der Waals surface area contributed by atoms with Crippen molar-refractivity contribution in [3.05, 3.63) is 71.5 Å². The van der Waals surface area contributed by atoms with Crippen LogP contribution in [0.3, 0.4) is 0 Å². The molecule has 29 heavy (non-hydrogen) atoms. The van der Waals surface area contributed by atoms with Crippen molar-refractivity contribution in [2.45, 2.75) is 25.9 Å². The second-order valence-corrected chi connectivity index (χ2v) is 7.30. The Kier molecular flexibility index (Phi) is 4.58. The molecule has 1 aromatic heterocycles. The van der Waals surface area contributed by atoms with E-state index < -0.39 is 23.4 Å². The van der Waals surface area contributed by atoms with Gasteiger partial charge in [0.2, 0.25) is 5.91 Å². The number of urea groups is 1. The molecule has 7 nitrogen and oxygen atoms in total. The number of fused-ring (bicyclic) bond motifs is 1. The molecule has 1 aliphatic heterocycles. The molecule has 2 N–H and O–H groups in total. The van der Waals surface area contributed by atoms with Crippen LogP contribution in [0.2, 0.25) is 0 Å². The third kappa shape index (κ3) is 3.35. The van der Waals surface area contributed by atoms with Crippen molar-refractivity contribution in [1.82, 2.24) is 15.5 Å². The van der Waals surface area contributed by atoms with Gasteiger partial charge in [0, 0.05) is 11.9 Å². The van der Waals surface area contributed by atoms with Gasteiger partial charge in [-0.25, -0.2) is 4.79 Å². The van der Waals surface area contributed by atoms with E-state index >= 15 is 0 Å². The predicted octanol–water partition coefficient (Wildman–Crippen LogP) is 2.82. The SMILES string of the molecule is Cc1ccccc1CNC(=O)CN1C(=O)NC(C)(c2cc3ccccc3o2)C1=O. The van der Waals surface area contributed by atoms with Crippen LogP contribution in [0.15, 0.2) is 59.0 Å². The van der Waals surface area contributed by atoms with Crippen molar-refractivity contribution in [2.24, 2.45) is 0 Å². The van der Waals surface area contributed by atoms with Gasteiger partial charge >= 0.3 is 6.03 Å². The zero-order valence-electron chi connectivity index (χ0n) is 16.2. The van der Waals surface area contributed by atoms with Gasteiger partial charge in [0.1, 0.15) is 17.9 Å². The van der Waals surface area contributed by atoms with Gasteiger partial charge < -0.3 is 15.1 Å². The van der Waals surface area contributed by atoms with Crippen molar-refractivity contribution in [2.75, 3.05) is 6.54 Å². The third-order valence-corrected chi connectivity index (χ3v) is 5.23. The highest BCUT2D eigenvalue weighted by Gasteiger charge is 2.51. The molecule has 0 saturated carbocycles. The Hall–Kier alpha value is -3.61. The molecule has 1 saturated heterocycles. The molecule has 1 fully saturated rings. The van der Waals surface area contributed by atoms with Crippen molar-refractivity contribution in [3.8, 4) is 0 Å². The maximum atomic E-state index is 13.0. The minimum absolute atomic E-state index is 0.329. The Morgan fingerprint density at radius 3 is 2.62 bits per heavy atom. The number of para-hydroxylation sites is 1. The van der Waals surface area contributed by atoms with Crippen LogP contribution < -0.4 is 10.6 Å². The number of carbonyl (C=O) groups excluding carboxylic acids is 3. The highest BCUT2D eigenvalue weighted by atomic mass is 16.3. The summed E-state index contributed by atoms with van der Waals surface area (Å²) in [5.74, 6) is -0.599. The van der Waals surface area contributed by atoms with E-state index in [1.165, 1.54) is 0 Å². The summed E-state index contributed by atoms with van der Waals surface area (Å²) >= 11 is 0. The number of aryl methyl sites for hydroxylation is 1. The Morgan fingerprint density at radius 2 is 1.86 bits per heavy atom. The topological polar surface area (TPSA) is 91.7 Å². The van der Waals surface area contributed by atoms with Gasteiger partial charge in [0.25, 0.3) is 5.91 Å². The Labute approximate surface area is 167 Å². The second kappa shape index (κ2) is 7.09. The molecule has 148 valence electrons. The zero-order chi connectivity index (χ0) is 20.6. The first-order chi connectivity index (χ1) is 13.9. The van der Waals surface area contributed by atoms with Crippen LogP contribution in [-0.4, -0.2) is 29.3 Å². The summed E-state index contributed by atoms with van der Waals surface area (Å²) < 4.78 is 5.78. The van der Waals surface area contributed by atoms with Gasteiger partial charge in [-0.2, -0.15) is 0 Å². The molecule has 0 bridgehead atoms. The number of amides is 4. The lowest BCUT2D eigenvalue weighted by Crippen LogP contribution is -2.43. The molecule has 7 heteroatoms. The van der Waals surface area contributed by atoms with Crippen molar-refractivity contribution in [3.63, 3.8) is 0 Å². The van der Waals surface area contributed by atoms with Crippen LogP contribution in [0.25, 0.3) is 11.0 Å². The van der Waals surface area contributed by atoms with E-state index in [1.807, 2.05) is 49.4 Å². The number of imide groups is 1. The zero-order valence-corrected chi connectivity index (χ0v) is 16.2. The summed E-state index contributed by atoms with van der Waals surface area (Å²) in [4.78, 5) is 38.7.